The van der Waals surface area contributed by atoms with E-state index in [2.05, 4.69) is 5.32 Å². The van der Waals surface area contributed by atoms with E-state index in [0.717, 1.165) is 6.42 Å². The fourth-order valence-electron chi connectivity index (χ4n) is 1.36. The van der Waals surface area contributed by atoms with Crippen LogP contribution in [0.15, 0.2) is 12.1 Å². The van der Waals surface area contributed by atoms with Crippen molar-refractivity contribution < 1.29 is 13.9 Å². The van der Waals surface area contributed by atoms with Crippen molar-refractivity contribution in [2.24, 2.45) is 5.73 Å². The second-order valence-corrected chi connectivity index (χ2v) is 3.86. The summed E-state index contributed by atoms with van der Waals surface area (Å²) < 4.78 is 18.7. The molecule has 1 rings (SSSR count). The van der Waals surface area contributed by atoms with E-state index in [4.69, 9.17) is 16.2 Å². The summed E-state index contributed by atoms with van der Waals surface area (Å²) in [6, 6.07) is 2.68. The van der Waals surface area contributed by atoms with Gasteiger partial charge in [-0.2, -0.15) is 0 Å². The van der Waals surface area contributed by atoms with Crippen LogP contribution in [0.1, 0.15) is 19.8 Å². The van der Waals surface area contributed by atoms with Crippen LogP contribution < -0.4 is 21.5 Å². The average Bonchev–Trinajstić information content (AvgIpc) is 2.30. The van der Waals surface area contributed by atoms with Crippen molar-refractivity contribution in [2.75, 3.05) is 24.2 Å². The molecule has 1 amide bonds. The van der Waals surface area contributed by atoms with Crippen LogP contribution in [0.3, 0.4) is 0 Å². The number of nitrogen functional groups attached to an aromatic ring is 1. The van der Waals surface area contributed by atoms with Crippen molar-refractivity contribution >= 4 is 17.3 Å². The summed E-state index contributed by atoms with van der Waals surface area (Å²) in [6.07, 6.45) is 0.968. The van der Waals surface area contributed by atoms with Gasteiger partial charge in [0.2, 0.25) is 5.91 Å². The normalized spacial score (nSPS) is 10.1. The minimum Gasteiger partial charge on any atom is -0.490 e. The predicted octanol–water partition coefficient (Wildman–Crippen LogP) is 1.48. The number of anilines is 2. The number of primary amides is 1. The van der Waals surface area contributed by atoms with Gasteiger partial charge in [0.15, 0.2) is 11.6 Å². The van der Waals surface area contributed by atoms with Gasteiger partial charge in [0, 0.05) is 25.1 Å². The van der Waals surface area contributed by atoms with Gasteiger partial charge in [-0.25, -0.2) is 4.39 Å². The van der Waals surface area contributed by atoms with E-state index in [1.54, 1.807) is 0 Å². The SMILES string of the molecule is CCCOc1cc(NCCC(N)=O)c(N)cc1F. The molecule has 0 atom stereocenters. The molecule has 0 bridgehead atoms. The van der Waals surface area contributed by atoms with Gasteiger partial charge in [-0.3, -0.25) is 4.79 Å². The Morgan fingerprint density at radius 2 is 2.22 bits per heavy atom. The fraction of sp³-hybridized carbons (Fsp3) is 0.417. The van der Waals surface area contributed by atoms with Gasteiger partial charge < -0.3 is 21.5 Å². The molecule has 5 nitrogen and oxygen atoms in total. The lowest BCUT2D eigenvalue weighted by molar-refractivity contribution is -0.117. The van der Waals surface area contributed by atoms with E-state index < -0.39 is 11.7 Å². The summed E-state index contributed by atoms with van der Waals surface area (Å²) in [5, 5.41) is 2.92. The number of amides is 1. The number of rotatable bonds is 7. The highest BCUT2D eigenvalue weighted by Crippen LogP contribution is 2.28. The third-order valence-corrected chi connectivity index (χ3v) is 2.25. The molecule has 0 heterocycles. The van der Waals surface area contributed by atoms with Crippen LogP contribution >= 0.6 is 0 Å². The number of nitrogens with one attached hydrogen (secondary N) is 1. The Morgan fingerprint density at radius 3 is 2.83 bits per heavy atom. The molecule has 0 saturated carbocycles. The van der Waals surface area contributed by atoms with Crippen LogP contribution in [0.25, 0.3) is 0 Å². The van der Waals surface area contributed by atoms with Crippen LogP contribution in [-0.2, 0) is 4.79 Å². The number of hydrogen-bond acceptors (Lipinski definition) is 4. The first-order valence-electron chi connectivity index (χ1n) is 5.78. The van der Waals surface area contributed by atoms with Crippen molar-refractivity contribution in [3.05, 3.63) is 17.9 Å². The molecule has 100 valence electrons. The summed E-state index contributed by atoms with van der Waals surface area (Å²) >= 11 is 0. The summed E-state index contributed by atoms with van der Waals surface area (Å²) in [6.45, 7) is 2.71. The number of nitrogens with two attached hydrogens (primary N) is 2. The monoisotopic (exact) mass is 255 g/mol. The van der Waals surface area contributed by atoms with Crippen molar-refractivity contribution in [1.29, 1.82) is 0 Å². The van der Waals surface area contributed by atoms with Crippen molar-refractivity contribution in [2.45, 2.75) is 19.8 Å². The van der Waals surface area contributed by atoms with E-state index in [0.29, 0.717) is 18.8 Å². The summed E-state index contributed by atoms with van der Waals surface area (Å²) in [7, 11) is 0. The fourth-order valence-corrected chi connectivity index (χ4v) is 1.36. The molecule has 0 fully saturated rings. The van der Waals surface area contributed by atoms with E-state index >= 15 is 0 Å². The Kier molecular flexibility index (Phi) is 5.23. The second kappa shape index (κ2) is 6.68. The Labute approximate surface area is 105 Å². The quantitative estimate of drug-likeness (QED) is 0.644. The van der Waals surface area contributed by atoms with Crippen molar-refractivity contribution in [1.82, 2.24) is 0 Å². The highest BCUT2D eigenvalue weighted by Gasteiger charge is 2.09. The molecule has 18 heavy (non-hydrogen) atoms. The topological polar surface area (TPSA) is 90.4 Å². The van der Waals surface area contributed by atoms with Crippen LogP contribution in [-0.4, -0.2) is 19.1 Å². The molecule has 1 aromatic carbocycles. The van der Waals surface area contributed by atoms with Gasteiger partial charge in [0.1, 0.15) is 0 Å². The smallest absolute Gasteiger partial charge is 0.219 e. The predicted molar refractivity (Wildman–Crippen MR) is 68.9 cm³/mol. The van der Waals surface area contributed by atoms with E-state index in [1.165, 1.54) is 12.1 Å². The first-order valence-corrected chi connectivity index (χ1v) is 5.78. The van der Waals surface area contributed by atoms with Gasteiger partial charge in [-0.05, 0) is 6.42 Å². The molecular formula is C12H18FN3O2. The van der Waals surface area contributed by atoms with Crippen LogP contribution in [0.2, 0.25) is 0 Å². The lowest BCUT2D eigenvalue weighted by Crippen LogP contribution is -2.16. The number of carbonyl (C=O) groups is 1. The maximum absolute atomic E-state index is 13.5. The Bertz CT molecular complexity index is 424. The minimum absolute atomic E-state index is 0.146. The second-order valence-electron chi connectivity index (χ2n) is 3.86. The molecule has 0 aliphatic carbocycles. The van der Waals surface area contributed by atoms with Crippen LogP contribution in [0.4, 0.5) is 15.8 Å². The summed E-state index contributed by atoms with van der Waals surface area (Å²) in [5.41, 5.74) is 11.5. The maximum Gasteiger partial charge on any atom is 0.219 e. The Morgan fingerprint density at radius 1 is 1.50 bits per heavy atom. The Balaban J connectivity index is 2.74. The van der Waals surface area contributed by atoms with E-state index in [9.17, 15) is 9.18 Å². The molecular weight excluding hydrogens is 237 g/mol. The number of ether oxygens (including phenoxy) is 1. The highest BCUT2D eigenvalue weighted by atomic mass is 19.1. The van der Waals surface area contributed by atoms with Gasteiger partial charge in [-0.15, -0.1) is 0 Å². The molecule has 5 N–H and O–H groups in total. The van der Waals surface area contributed by atoms with Gasteiger partial charge in [-0.1, -0.05) is 6.92 Å². The molecule has 0 aliphatic heterocycles. The third kappa shape index (κ3) is 4.12. The number of hydrogen-bond donors (Lipinski definition) is 3. The summed E-state index contributed by atoms with van der Waals surface area (Å²) in [5.74, 6) is -0.764. The number of benzene rings is 1. The maximum atomic E-state index is 13.5. The number of carbonyl (C=O) groups excluding carboxylic acids is 1. The zero-order valence-electron chi connectivity index (χ0n) is 10.3. The zero-order valence-corrected chi connectivity index (χ0v) is 10.3. The Hall–Kier alpha value is -1.98. The van der Waals surface area contributed by atoms with E-state index in [-0.39, 0.29) is 17.9 Å². The molecule has 0 aliphatic rings. The average molecular weight is 255 g/mol. The standard InChI is InChI=1S/C12H18FN3O2/c1-2-5-18-11-7-10(9(14)6-8(11)13)16-4-3-12(15)17/h6-7,16H,2-5,14H2,1H3,(H2,15,17). The first-order chi connectivity index (χ1) is 8.54. The van der Waals surface area contributed by atoms with Crippen LogP contribution in [0, 0.1) is 5.82 Å². The number of halogens is 1. The van der Waals surface area contributed by atoms with Crippen molar-refractivity contribution in [3.63, 3.8) is 0 Å². The summed E-state index contributed by atoms with van der Waals surface area (Å²) in [4.78, 5) is 10.6. The minimum atomic E-state index is -0.499. The molecule has 0 saturated heterocycles. The third-order valence-electron chi connectivity index (χ3n) is 2.25. The van der Waals surface area contributed by atoms with Gasteiger partial charge >= 0.3 is 0 Å². The van der Waals surface area contributed by atoms with Crippen LogP contribution in [0.5, 0.6) is 5.75 Å². The lowest BCUT2D eigenvalue weighted by Gasteiger charge is -2.12. The van der Waals surface area contributed by atoms with Gasteiger partial charge in [0.05, 0.1) is 18.0 Å². The largest absolute Gasteiger partial charge is 0.490 e. The molecule has 1 aromatic rings. The lowest BCUT2D eigenvalue weighted by atomic mass is 10.2. The molecule has 6 heteroatoms. The highest BCUT2D eigenvalue weighted by molar-refractivity contribution is 5.75. The zero-order chi connectivity index (χ0) is 13.5. The van der Waals surface area contributed by atoms with Gasteiger partial charge in [0.25, 0.3) is 0 Å². The first kappa shape index (κ1) is 14.1. The molecule has 0 radical (unpaired) electrons. The molecule has 0 unspecified atom stereocenters. The molecule has 0 aromatic heterocycles. The van der Waals surface area contributed by atoms with E-state index in [1.807, 2.05) is 6.92 Å². The van der Waals surface area contributed by atoms with Crippen molar-refractivity contribution in [3.8, 4) is 5.75 Å². The molecule has 0 spiro atoms.